The summed E-state index contributed by atoms with van der Waals surface area (Å²) in [6, 6.07) is 12.2. The molecule has 162 valence electrons. The Morgan fingerprint density at radius 1 is 1.03 bits per heavy atom. The van der Waals surface area contributed by atoms with Gasteiger partial charge in [0.15, 0.2) is 0 Å². The van der Waals surface area contributed by atoms with Crippen molar-refractivity contribution in [3.8, 4) is 5.75 Å². The van der Waals surface area contributed by atoms with Crippen LogP contribution in [0.25, 0.3) is 0 Å². The van der Waals surface area contributed by atoms with Gasteiger partial charge in [-0.1, -0.05) is 23.2 Å². The van der Waals surface area contributed by atoms with Crippen molar-refractivity contribution in [2.45, 2.75) is 0 Å². The Morgan fingerprint density at radius 2 is 1.60 bits per heavy atom. The Kier molecular flexibility index (Phi) is 7.00. The number of carbonyl (C=O) groups excluding carboxylic acids is 1. The fourth-order valence-corrected chi connectivity index (χ4v) is 4.66. The van der Waals surface area contributed by atoms with E-state index in [1.165, 1.54) is 18.2 Å². The van der Waals surface area contributed by atoms with E-state index in [0.29, 0.717) is 36.2 Å². The highest BCUT2D eigenvalue weighted by molar-refractivity contribution is 7.92. The molecule has 2 aromatic rings. The standard InChI is InChI=1S/C20H23Cl2N3O4S/c1-29-19-5-3-17(4-6-19)23-7-9-24(10-8-23)20(26)14-25(30(2,27)28)18-12-15(21)11-16(22)13-18/h3-6,11-13H,7-10,14H2,1-2H3. The van der Waals surface area contributed by atoms with Crippen LogP contribution in [0.2, 0.25) is 10.0 Å². The third-order valence-electron chi connectivity index (χ3n) is 4.88. The number of rotatable bonds is 6. The second kappa shape index (κ2) is 9.32. The van der Waals surface area contributed by atoms with Gasteiger partial charge in [-0.25, -0.2) is 8.42 Å². The van der Waals surface area contributed by atoms with Crippen LogP contribution in [0, 0.1) is 0 Å². The van der Waals surface area contributed by atoms with Gasteiger partial charge in [-0.3, -0.25) is 9.10 Å². The topological polar surface area (TPSA) is 70.2 Å². The lowest BCUT2D eigenvalue weighted by molar-refractivity contribution is -0.129. The first kappa shape index (κ1) is 22.5. The molecule has 1 aliphatic heterocycles. The summed E-state index contributed by atoms with van der Waals surface area (Å²) in [5.74, 6) is 0.514. The number of methoxy groups -OCH3 is 1. The second-order valence-corrected chi connectivity index (χ2v) is 9.74. The van der Waals surface area contributed by atoms with E-state index in [9.17, 15) is 13.2 Å². The number of anilines is 2. The van der Waals surface area contributed by atoms with E-state index in [1.54, 1.807) is 12.0 Å². The Bertz CT molecular complexity index is 987. The SMILES string of the molecule is COc1ccc(N2CCN(C(=O)CN(c3cc(Cl)cc(Cl)c3)S(C)(=O)=O)CC2)cc1. The Morgan fingerprint density at radius 3 is 2.10 bits per heavy atom. The van der Waals surface area contributed by atoms with Gasteiger partial charge >= 0.3 is 0 Å². The van der Waals surface area contributed by atoms with Crippen molar-refractivity contribution >= 4 is 50.5 Å². The molecule has 1 fully saturated rings. The molecule has 2 aromatic carbocycles. The van der Waals surface area contributed by atoms with E-state index in [4.69, 9.17) is 27.9 Å². The van der Waals surface area contributed by atoms with E-state index in [-0.39, 0.29) is 18.1 Å². The highest BCUT2D eigenvalue weighted by Crippen LogP contribution is 2.27. The smallest absolute Gasteiger partial charge is 0.243 e. The zero-order valence-corrected chi connectivity index (χ0v) is 19.0. The lowest BCUT2D eigenvalue weighted by atomic mass is 10.2. The summed E-state index contributed by atoms with van der Waals surface area (Å²) in [6.45, 7) is 2.00. The normalized spacial score (nSPS) is 14.5. The molecule has 0 aliphatic carbocycles. The van der Waals surface area contributed by atoms with Crippen LogP contribution in [0.4, 0.5) is 11.4 Å². The maximum absolute atomic E-state index is 12.8. The predicted octanol–water partition coefficient (Wildman–Crippen LogP) is 3.12. The predicted molar refractivity (Wildman–Crippen MR) is 120 cm³/mol. The Hall–Kier alpha value is -2.16. The monoisotopic (exact) mass is 471 g/mol. The minimum absolute atomic E-state index is 0.264. The van der Waals surface area contributed by atoms with Crippen LogP contribution >= 0.6 is 23.2 Å². The van der Waals surface area contributed by atoms with Gasteiger partial charge in [0, 0.05) is 41.9 Å². The molecule has 0 spiro atoms. The lowest BCUT2D eigenvalue weighted by Gasteiger charge is -2.37. The number of nitrogens with zero attached hydrogens (tertiary/aromatic N) is 3. The third-order valence-corrected chi connectivity index (χ3v) is 6.46. The van der Waals surface area contributed by atoms with E-state index >= 15 is 0 Å². The van der Waals surface area contributed by atoms with Crippen LogP contribution < -0.4 is 13.9 Å². The summed E-state index contributed by atoms with van der Waals surface area (Å²) in [6.07, 6.45) is 1.05. The number of hydrogen-bond donors (Lipinski definition) is 0. The fraction of sp³-hybridized carbons (Fsp3) is 0.350. The third kappa shape index (κ3) is 5.50. The Labute approximate surface area is 186 Å². The Balaban J connectivity index is 1.67. The number of benzene rings is 2. The van der Waals surface area contributed by atoms with E-state index < -0.39 is 10.0 Å². The first-order chi connectivity index (χ1) is 14.2. The summed E-state index contributed by atoms with van der Waals surface area (Å²) in [5.41, 5.74) is 1.31. The van der Waals surface area contributed by atoms with Crippen LogP contribution in [-0.2, 0) is 14.8 Å². The van der Waals surface area contributed by atoms with Gasteiger partial charge in [-0.2, -0.15) is 0 Å². The van der Waals surface area contributed by atoms with Crippen molar-refractivity contribution in [2.75, 3.05) is 55.3 Å². The lowest BCUT2D eigenvalue weighted by Crippen LogP contribution is -2.52. The molecule has 0 bridgehead atoms. The molecule has 0 aromatic heterocycles. The molecule has 1 heterocycles. The molecule has 1 aliphatic rings. The number of ether oxygens (including phenoxy) is 1. The van der Waals surface area contributed by atoms with Crippen molar-refractivity contribution in [3.05, 3.63) is 52.5 Å². The fourth-order valence-electron chi connectivity index (χ4n) is 3.31. The van der Waals surface area contributed by atoms with Gasteiger partial charge in [0.25, 0.3) is 0 Å². The van der Waals surface area contributed by atoms with Crippen molar-refractivity contribution < 1.29 is 17.9 Å². The average molecular weight is 472 g/mol. The molecule has 10 heteroatoms. The second-order valence-electron chi connectivity index (χ2n) is 6.96. The number of amides is 1. The molecule has 0 unspecified atom stereocenters. The molecule has 1 saturated heterocycles. The zero-order chi connectivity index (χ0) is 21.9. The average Bonchev–Trinajstić information content (AvgIpc) is 2.70. The number of halogens is 2. The molecule has 0 radical (unpaired) electrons. The number of carbonyl (C=O) groups is 1. The van der Waals surface area contributed by atoms with E-state index in [2.05, 4.69) is 4.90 Å². The molecule has 3 rings (SSSR count). The zero-order valence-electron chi connectivity index (χ0n) is 16.7. The minimum atomic E-state index is -3.70. The van der Waals surface area contributed by atoms with Gasteiger partial charge in [0.1, 0.15) is 12.3 Å². The van der Waals surface area contributed by atoms with Crippen LogP contribution in [0.1, 0.15) is 0 Å². The molecule has 7 nitrogen and oxygen atoms in total. The maximum Gasteiger partial charge on any atom is 0.243 e. The van der Waals surface area contributed by atoms with Crippen LogP contribution in [0.15, 0.2) is 42.5 Å². The van der Waals surface area contributed by atoms with Crippen LogP contribution in [-0.4, -0.2) is 65.3 Å². The quantitative estimate of drug-likeness (QED) is 0.647. The summed E-state index contributed by atoms with van der Waals surface area (Å²) in [4.78, 5) is 16.7. The first-order valence-electron chi connectivity index (χ1n) is 9.28. The van der Waals surface area contributed by atoms with Gasteiger partial charge in [-0.15, -0.1) is 0 Å². The molecular weight excluding hydrogens is 449 g/mol. The molecule has 0 N–H and O–H groups in total. The van der Waals surface area contributed by atoms with Crippen molar-refractivity contribution in [2.24, 2.45) is 0 Å². The molecule has 0 atom stereocenters. The molecule has 0 saturated carbocycles. The van der Waals surface area contributed by atoms with Crippen molar-refractivity contribution in [1.82, 2.24) is 4.90 Å². The van der Waals surface area contributed by atoms with Crippen molar-refractivity contribution in [3.63, 3.8) is 0 Å². The highest BCUT2D eigenvalue weighted by atomic mass is 35.5. The van der Waals surface area contributed by atoms with Gasteiger partial charge in [0.2, 0.25) is 15.9 Å². The largest absolute Gasteiger partial charge is 0.497 e. The number of hydrogen-bond acceptors (Lipinski definition) is 5. The number of piperazine rings is 1. The summed E-state index contributed by atoms with van der Waals surface area (Å²) >= 11 is 12.0. The van der Waals surface area contributed by atoms with Gasteiger partial charge in [-0.05, 0) is 42.5 Å². The number of sulfonamides is 1. The van der Waals surface area contributed by atoms with Crippen LogP contribution in [0.3, 0.4) is 0 Å². The van der Waals surface area contributed by atoms with Crippen LogP contribution in [0.5, 0.6) is 5.75 Å². The summed E-state index contributed by atoms with van der Waals surface area (Å²) in [7, 11) is -2.08. The van der Waals surface area contributed by atoms with Gasteiger partial charge < -0.3 is 14.5 Å². The first-order valence-corrected chi connectivity index (χ1v) is 11.9. The summed E-state index contributed by atoms with van der Waals surface area (Å²) in [5, 5.41) is 0.596. The van der Waals surface area contributed by atoms with Crippen molar-refractivity contribution in [1.29, 1.82) is 0 Å². The molecular formula is C20H23Cl2N3O4S. The molecule has 30 heavy (non-hydrogen) atoms. The van der Waals surface area contributed by atoms with Gasteiger partial charge in [0.05, 0.1) is 19.1 Å². The van der Waals surface area contributed by atoms with E-state index in [0.717, 1.165) is 22.0 Å². The maximum atomic E-state index is 12.8. The molecule has 1 amide bonds. The summed E-state index contributed by atoms with van der Waals surface area (Å²) < 4.78 is 30.8. The highest BCUT2D eigenvalue weighted by Gasteiger charge is 2.27. The van der Waals surface area contributed by atoms with E-state index in [1.807, 2.05) is 24.3 Å². The minimum Gasteiger partial charge on any atom is -0.497 e.